The average Bonchev–Trinajstić information content (AvgIpc) is 3.21. The van der Waals surface area contributed by atoms with E-state index in [1.807, 2.05) is 0 Å². The Morgan fingerprint density at radius 1 is 0.919 bits per heavy atom. The topological polar surface area (TPSA) is 63.3 Å². The molecule has 4 aliphatic carbocycles. The Hall–Kier alpha value is -1.51. The third-order valence-electron chi connectivity index (χ3n) is 12.0. The molecule has 1 aromatic carbocycles. The van der Waals surface area contributed by atoms with E-state index < -0.39 is 5.97 Å². The van der Waals surface area contributed by atoms with Crippen molar-refractivity contribution < 1.29 is 9.90 Å². The Bertz CT molecular complexity index is 911. The van der Waals surface area contributed by atoms with Crippen LogP contribution in [-0.2, 0) is 0 Å². The fourth-order valence-electron chi connectivity index (χ4n) is 10.0. The molecule has 3 heteroatoms. The fraction of sp³-hybridized carbons (Fsp3) is 0.794. The van der Waals surface area contributed by atoms with Gasteiger partial charge in [-0.2, -0.15) is 0 Å². The molecule has 1 unspecified atom stereocenters. The second-order valence-electron chi connectivity index (χ2n) is 14.3. The van der Waals surface area contributed by atoms with Gasteiger partial charge in [0.2, 0.25) is 0 Å². The molecule has 0 heterocycles. The fourth-order valence-corrected chi connectivity index (χ4v) is 10.0. The number of benzene rings is 1. The SMILES string of the molecule is CC(C)CCC[C@@H](C)[C@H]1CC[C@H]2[C@@H]3CCC4CCCC[C@]4(C)[C@H]3CC[C@]12C.Nc1ccccc1C(=O)O. The first-order chi connectivity index (χ1) is 17.6. The molecule has 8 atom stereocenters. The molecule has 4 fully saturated rings. The summed E-state index contributed by atoms with van der Waals surface area (Å²) >= 11 is 0. The summed E-state index contributed by atoms with van der Waals surface area (Å²) in [5.41, 5.74) is 7.19. The van der Waals surface area contributed by atoms with Crippen molar-refractivity contribution in [3.8, 4) is 0 Å². The third-order valence-corrected chi connectivity index (χ3v) is 12.0. The zero-order valence-electron chi connectivity index (χ0n) is 24.5. The van der Waals surface area contributed by atoms with E-state index in [-0.39, 0.29) is 5.56 Å². The van der Waals surface area contributed by atoms with Crippen molar-refractivity contribution in [2.45, 2.75) is 118 Å². The van der Waals surface area contributed by atoms with Crippen LogP contribution in [0.3, 0.4) is 0 Å². The van der Waals surface area contributed by atoms with Crippen LogP contribution in [0.15, 0.2) is 24.3 Å². The van der Waals surface area contributed by atoms with Crippen molar-refractivity contribution in [2.75, 3.05) is 5.73 Å². The second kappa shape index (κ2) is 11.7. The van der Waals surface area contributed by atoms with Gasteiger partial charge in [-0.15, -0.1) is 0 Å². The van der Waals surface area contributed by atoms with Crippen LogP contribution >= 0.6 is 0 Å². The largest absolute Gasteiger partial charge is 0.478 e. The minimum atomic E-state index is -0.988. The summed E-state index contributed by atoms with van der Waals surface area (Å²) in [6.07, 6.45) is 19.9. The van der Waals surface area contributed by atoms with Gasteiger partial charge in [-0.1, -0.05) is 78.9 Å². The number of anilines is 1. The predicted molar refractivity (Wildman–Crippen MR) is 156 cm³/mol. The van der Waals surface area contributed by atoms with E-state index in [1.165, 1.54) is 38.2 Å². The first-order valence-corrected chi connectivity index (χ1v) is 15.7. The number of nitrogen functional groups attached to an aromatic ring is 1. The Morgan fingerprint density at radius 3 is 2.32 bits per heavy atom. The third kappa shape index (κ3) is 5.76. The number of carboxylic acids is 1. The Kier molecular flexibility index (Phi) is 9.01. The maximum absolute atomic E-state index is 10.3. The van der Waals surface area contributed by atoms with Crippen LogP contribution < -0.4 is 5.73 Å². The molecular formula is C34H55NO2. The molecule has 0 aromatic heterocycles. The van der Waals surface area contributed by atoms with Gasteiger partial charge in [-0.25, -0.2) is 4.79 Å². The standard InChI is InChI=1S/C27H48.C7H7NO2/c1-19(2)9-8-10-20(3)23-14-15-24-22-13-12-21-11-6-7-17-26(21,4)25(22)16-18-27(23,24)5;8-6-4-2-1-3-5(6)7(9)10/h19-25H,6-18H2,1-5H3;1-4H,8H2,(H,9,10)/t20-,21?,22+,23-,24+,25+,26+,27-;/m1./s1. The Labute approximate surface area is 227 Å². The lowest BCUT2D eigenvalue weighted by atomic mass is 9.44. The molecule has 4 saturated carbocycles. The van der Waals surface area contributed by atoms with Gasteiger partial charge in [-0.3, -0.25) is 0 Å². The van der Waals surface area contributed by atoms with E-state index in [4.69, 9.17) is 10.8 Å². The van der Waals surface area contributed by atoms with Gasteiger partial charge in [0.05, 0.1) is 5.56 Å². The monoisotopic (exact) mass is 509 g/mol. The molecule has 0 saturated heterocycles. The molecule has 0 bridgehead atoms. The molecule has 1 aromatic rings. The second-order valence-corrected chi connectivity index (χ2v) is 14.3. The van der Waals surface area contributed by atoms with Gasteiger partial charge < -0.3 is 10.8 Å². The first-order valence-electron chi connectivity index (χ1n) is 15.7. The number of hydrogen-bond donors (Lipinski definition) is 2. The van der Waals surface area contributed by atoms with E-state index in [0.29, 0.717) is 16.5 Å². The first kappa shape index (κ1) is 28.5. The van der Waals surface area contributed by atoms with Crippen molar-refractivity contribution in [3.05, 3.63) is 29.8 Å². The zero-order chi connectivity index (χ0) is 26.8. The average molecular weight is 510 g/mol. The summed E-state index contributed by atoms with van der Waals surface area (Å²) in [5, 5.41) is 8.49. The molecular weight excluding hydrogens is 454 g/mol. The van der Waals surface area contributed by atoms with Crippen molar-refractivity contribution in [1.82, 2.24) is 0 Å². The highest BCUT2D eigenvalue weighted by Gasteiger charge is 2.60. The summed E-state index contributed by atoms with van der Waals surface area (Å²) in [5.74, 6) is 6.16. The lowest BCUT2D eigenvalue weighted by Crippen LogP contribution is -2.53. The highest BCUT2D eigenvalue weighted by molar-refractivity contribution is 5.93. The van der Waals surface area contributed by atoms with Gasteiger partial charge in [-0.05, 0) is 116 Å². The number of nitrogens with two attached hydrogens (primary N) is 1. The lowest BCUT2D eigenvalue weighted by molar-refractivity contribution is -0.114. The number of hydrogen-bond acceptors (Lipinski definition) is 2. The normalized spacial score (nSPS) is 37.5. The Morgan fingerprint density at radius 2 is 1.65 bits per heavy atom. The molecule has 3 N–H and O–H groups in total. The number of para-hydroxylation sites is 1. The molecule has 0 radical (unpaired) electrons. The highest BCUT2D eigenvalue weighted by atomic mass is 16.4. The Balaban J connectivity index is 0.000000270. The van der Waals surface area contributed by atoms with Crippen molar-refractivity contribution in [1.29, 1.82) is 0 Å². The van der Waals surface area contributed by atoms with Gasteiger partial charge in [0.1, 0.15) is 0 Å². The van der Waals surface area contributed by atoms with Crippen LogP contribution in [0.1, 0.15) is 128 Å². The van der Waals surface area contributed by atoms with Gasteiger partial charge in [0.25, 0.3) is 0 Å². The summed E-state index contributed by atoms with van der Waals surface area (Å²) < 4.78 is 0. The number of rotatable bonds is 6. The van der Waals surface area contributed by atoms with Crippen LogP contribution in [-0.4, -0.2) is 11.1 Å². The molecule has 208 valence electrons. The summed E-state index contributed by atoms with van der Waals surface area (Å²) in [4.78, 5) is 10.3. The van der Waals surface area contributed by atoms with Crippen LogP contribution in [0.25, 0.3) is 0 Å². The van der Waals surface area contributed by atoms with E-state index in [2.05, 4.69) is 34.6 Å². The maximum Gasteiger partial charge on any atom is 0.337 e. The molecule has 5 rings (SSSR count). The van der Waals surface area contributed by atoms with E-state index in [9.17, 15) is 4.79 Å². The van der Waals surface area contributed by atoms with E-state index >= 15 is 0 Å². The van der Waals surface area contributed by atoms with E-state index in [0.717, 1.165) is 41.4 Å². The summed E-state index contributed by atoms with van der Waals surface area (Å²) in [6.45, 7) is 12.9. The van der Waals surface area contributed by atoms with E-state index in [1.54, 1.807) is 69.6 Å². The number of fused-ring (bicyclic) bond motifs is 5. The number of carbonyl (C=O) groups is 1. The van der Waals surface area contributed by atoms with Crippen LogP contribution in [0.5, 0.6) is 0 Å². The predicted octanol–water partition coefficient (Wildman–Crippen LogP) is 9.46. The summed E-state index contributed by atoms with van der Waals surface area (Å²) in [7, 11) is 0. The van der Waals surface area contributed by atoms with Crippen molar-refractivity contribution >= 4 is 11.7 Å². The number of aromatic carboxylic acids is 1. The van der Waals surface area contributed by atoms with Crippen LogP contribution in [0.4, 0.5) is 5.69 Å². The number of carboxylic acid groups (broad SMARTS) is 1. The van der Waals surface area contributed by atoms with Gasteiger partial charge in [0.15, 0.2) is 0 Å². The zero-order valence-corrected chi connectivity index (χ0v) is 24.5. The van der Waals surface area contributed by atoms with Gasteiger partial charge >= 0.3 is 5.97 Å². The van der Waals surface area contributed by atoms with Crippen LogP contribution in [0.2, 0.25) is 0 Å². The lowest BCUT2D eigenvalue weighted by Gasteiger charge is -2.61. The van der Waals surface area contributed by atoms with Crippen LogP contribution in [0, 0.1) is 52.3 Å². The minimum Gasteiger partial charge on any atom is -0.478 e. The minimum absolute atomic E-state index is 0.155. The highest BCUT2D eigenvalue weighted by Crippen LogP contribution is 2.68. The van der Waals surface area contributed by atoms with Crippen molar-refractivity contribution in [2.24, 2.45) is 52.3 Å². The molecule has 3 nitrogen and oxygen atoms in total. The molecule has 0 amide bonds. The molecule has 0 spiro atoms. The maximum atomic E-state index is 10.3. The molecule has 4 aliphatic rings. The van der Waals surface area contributed by atoms with Gasteiger partial charge in [0, 0.05) is 5.69 Å². The molecule has 0 aliphatic heterocycles. The molecule has 37 heavy (non-hydrogen) atoms. The smallest absolute Gasteiger partial charge is 0.337 e. The quantitative estimate of drug-likeness (QED) is 0.375. The van der Waals surface area contributed by atoms with Crippen molar-refractivity contribution in [3.63, 3.8) is 0 Å². The summed E-state index contributed by atoms with van der Waals surface area (Å²) in [6, 6.07) is 6.36.